The van der Waals surface area contributed by atoms with Crippen molar-refractivity contribution in [1.29, 1.82) is 0 Å². The van der Waals surface area contributed by atoms with Gasteiger partial charge in [-0.3, -0.25) is 16.3 Å². The maximum Gasteiger partial charge on any atom is 0.416 e. The maximum absolute atomic E-state index is 12.8. The van der Waals surface area contributed by atoms with Gasteiger partial charge < -0.3 is 0 Å². The summed E-state index contributed by atoms with van der Waals surface area (Å²) in [7, 11) is 0. The second kappa shape index (κ2) is 6.15. The molecule has 0 spiro atoms. The SMILES string of the molecule is CC(C)CCC(NN)c1cnccc1C(F)(F)F. The average Bonchev–Trinajstić information content (AvgIpc) is 2.29. The van der Waals surface area contributed by atoms with Crippen LogP contribution in [0.4, 0.5) is 13.2 Å². The first-order chi connectivity index (χ1) is 8.36. The summed E-state index contributed by atoms with van der Waals surface area (Å²) in [5, 5.41) is 0. The van der Waals surface area contributed by atoms with Crippen LogP contribution >= 0.6 is 0 Å². The van der Waals surface area contributed by atoms with Crippen LogP contribution in [-0.4, -0.2) is 4.98 Å². The third-order valence-electron chi connectivity index (χ3n) is 2.77. The monoisotopic (exact) mass is 261 g/mol. The minimum atomic E-state index is -4.38. The van der Waals surface area contributed by atoms with Crippen LogP contribution < -0.4 is 11.3 Å². The van der Waals surface area contributed by atoms with Gasteiger partial charge in [0.2, 0.25) is 0 Å². The van der Waals surface area contributed by atoms with E-state index in [1.54, 1.807) is 0 Å². The van der Waals surface area contributed by atoms with Gasteiger partial charge in [-0.2, -0.15) is 13.2 Å². The Kier molecular flexibility index (Phi) is 5.10. The molecule has 1 heterocycles. The van der Waals surface area contributed by atoms with E-state index in [1.165, 1.54) is 6.20 Å². The molecular formula is C12H18F3N3. The lowest BCUT2D eigenvalue weighted by atomic mass is 9.96. The standard InChI is InChI=1S/C12H18F3N3/c1-8(2)3-4-11(18-16)9-7-17-6-5-10(9)12(13,14)15/h5-8,11,18H,3-4,16H2,1-2H3. The predicted octanol–water partition coefficient (Wildman–Crippen LogP) is 3.04. The highest BCUT2D eigenvalue weighted by atomic mass is 19.4. The fraction of sp³-hybridized carbons (Fsp3) is 0.583. The van der Waals surface area contributed by atoms with Crippen molar-refractivity contribution >= 4 is 0 Å². The summed E-state index contributed by atoms with van der Waals surface area (Å²) >= 11 is 0. The number of nitrogens with one attached hydrogen (secondary N) is 1. The van der Waals surface area contributed by atoms with Crippen LogP contribution in [0, 0.1) is 5.92 Å². The summed E-state index contributed by atoms with van der Waals surface area (Å²) in [5.41, 5.74) is 1.87. The second-order valence-electron chi connectivity index (χ2n) is 4.65. The van der Waals surface area contributed by atoms with E-state index in [9.17, 15) is 13.2 Å². The van der Waals surface area contributed by atoms with Crippen LogP contribution in [0.15, 0.2) is 18.5 Å². The first-order valence-electron chi connectivity index (χ1n) is 5.83. The Morgan fingerprint density at radius 1 is 1.33 bits per heavy atom. The van der Waals surface area contributed by atoms with Gasteiger partial charge in [0, 0.05) is 24.0 Å². The molecule has 0 aliphatic heterocycles. The minimum absolute atomic E-state index is 0.105. The van der Waals surface area contributed by atoms with Crippen LogP contribution in [0.5, 0.6) is 0 Å². The molecule has 1 unspecified atom stereocenters. The number of aromatic nitrogens is 1. The number of pyridine rings is 1. The molecule has 3 N–H and O–H groups in total. The fourth-order valence-corrected chi connectivity index (χ4v) is 1.77. The maximum atomic E-state index is 12.8. The molecule has 0 aromatic carbocycles. The topological polar surface area (TPSA) is 50.9 Å². The Labute approximate surface area is 105 Å². The van der Waals surface area contributed by atoms with Crippen molar-refractivity contribution in [2.45, 2.75) is 38.9 Å². The van der Waals surface area contributed by atoms with Crippen molar-refractivity contribution in [2.75, 3.05) is 0 Å². The number of nitrogens with two attached hydrogens (primary N) is 1. The molecular weight excluding hydrogens is 243 g/mol. The van der Waals surface area contributed by atoms with E-state index in [-0.39, 0.29) is 5.56 Å². The second-order valence-corrected chi connectivity index (χ2v) is 4.65. The molecule has 0 saturated heterocycles. The van der Waals surface area contributed by atoms with Gasteiger partial charge in [-0.15, -0.1) is 0 Å². The van der Waals surface area contributed by atoms with Gasteiger partial charge >= 0.3 is 6.18 Å². The summed E-state index contributed by atoms with van der Waals surface area (Å²) in [6.07, 6.45) is -0.675. The van der Waals surface area contributed by atoms with Gasteiger partial charge in [-0.1, -0.05) is 13.8 Å². The van der Waals surface area contributed by atoms with Gasteiger partial charge in [-0.05, 0) is 24.8 Å². The normalized spacial score (nSPS) is 13.9. The van der Waals surface area contributed by atoms with Crippen LogP contribution in [0.25, 0.3) is 0 Å². The molecule has 6 heteroatoms. The summed E-state index contributed by atoms with van der Waals surface area (Å²) < 4.78 is 38.5. The Morgan fingerprint density at radius 3 is 2.50 bits per heavy atom. The lowest BCUT2D eigenvalue weighted by Gasteiger charge is -2.21. The van der Waals surface area contributed by atoms with Crippen LogP contribution in [0.3, 0.4) is 0 Å². The molecule has 1 aromatic rings. The Morgan fingerprint density at radius 2 is 2.00 bits per heavy atom. The van der Waals surface area contributed by atoms with E-state index in [4.69, 9.17) is 5.84 Å². The van der Waals surface area contributed by atoms with Crippen molar-refractivity contribution in [3.63, 3.8) is 0 Å². The first-order valence-corrected chi connectivity index (χ1v) is 5.83. The van der Waals surface area contributed by atoms with Gasteiger partial charge in [0.15, 0.2) is 0 Å². The summed E-state index contributed by atoms with van der Waals surface area (Å²) in [4.78, 5) is 3.76. The number of hydrogen-bond donors (Lipinski definition) is 2. The highest BCUT2D eigenvalue weighted by Crippen LogP contribution is 2.35. The van der Waals surface area contributed by atoms with Crippen molar-refractivity contribution < 1.29 is 13.2 Å². The zero-order valence-corrected chi connectivity index (χ0v) is 10.5. The number of hydrazine groups is 1. The molecule has 1 atom stereocenters. The number of rotatable bonds is 5. The molecule has 0 radical (unpaired) electrons. The van der Waals surface area contributed by atoms with E-state index < -0.39 is 17.8 Å². The van der Waals surface area contributed by atoms with Crippen molar-refractivity contribution in [1.82, 2.24) is 10.4 Å². The smallest absolute Gasteiger partial charge is 0.271 e. The largest absolute Gasteiger partial charge is 0.416 e. The molecule has 18 heavy (non-hydrogen) atoms. The first kappa shape index (κ1) is 14.9. The molecule has 1 rings (SSSR count). The lowest BCUT2D eigenvalue weighted by molar-refractivity contribution is -0.138. The van der Waals surface area contributed by atoms with Gasteiger partial charge in [0.05, 0.1) is 5.56 Å². The quantitative estimate of drug-likeness (QED) is 0.632. The van der Waals surface area contributed by atoms with E-state index in [1.807, 2.05) is 13.8 Å². The zero-order valence-electron chi connectivity index (χ0n) is 10.5. The molecule has 1 aromatic heterocycles. The molecule has 0 saturated carbocycles. The molecule has 0 aliphatic rings. The fourth-order valence-electron chi connectivity index (χ4n) is 1.77. The van der Waals surface area contributed by atoms with Crippen molar-refractivity contribution in [2.24, 2.45) is 11.8 Å². The van der Waals surface area contributed by atoms with Crippen molar-refractivity contribution in [3.8, 4) is 0 Å². The molecule has 102 valence electrons. The average molecular weight is 261 g/mol. The summed E-state index contributed by atoms with van der Waals surface area (Å²) in [6.45, 7) is 4.03. The number of alkyl halides is 3. The highest BCUT2D eigenvalue weighted by molar-refractivity contribution is 5.29. The molecule has 0 bridgehead atoms. The predicted molar refractivity (Wildman–Crippen MR) is 63.4 cm³/mol. The number of hydrogen-bond acceptors (Lipinski definition) is 3. The van der Waals surface area contributed by atoms with Crippen molar-refractivity contribution in [3.05, 3.63) is 29.6 Å². The van der Waals surface area contributed by atoms with Gasteiger partial charge in [-0.25, -0.2) is 0 Å². The van der Waals surface area contributed by atoms with Crippen LogP contribution in [0.1, 0.15) is 43.9 Å². The minimum Gasteiger partial charge on any atom is -0.271 e. The molecule has 0 aliphatic carbocycles. The zero-order chi connectivity index (χ0) is 13.8. The lowest BCUT2D eigenvalue weighted by Crippen LogP contribution is -2.30. The van der Waals surface area contributed by atoms with Crippen LogP contribution in [-0.2, 0) is 6.18 Å². The molecule has 3 nitrogen and oxygen atoms in total. The molecule has 0 fully saturated rings. The van der Waals surface area contributed by atoms with Crippen LogP contribution in [0.2, 0.25) is 0 Å². The summed E-state index contributed by atoms with van der Waals surface area (Å²) in [6, 6.07) is 0.451. The third kappa shape index (κ3) is 3.96. The Hall–Kier alpha value is -1.14. The Bertz CT molecular complexity index is 377. The number of nitrogens with zero attached hydrogens (tertiary/aromatic N) is 1. The molecule has 0 amide bonds. The van der Waals surface area contributed by atoms with E-state index in [0.717, 1.165) is 18.7 Å². The van der Waals surface area contributed by atoms with Gasteiger partial charge in [0.1, 0.15) is 0 Å². The Balaban J connectivity index is 2.98. The van der Waals surface area contributed by atoms with E-state index in [0.29, 0.717) is 12.3 Å². The summed E-state index contributed by atoms with van der Waals surface area (Å²) in [5.74, 6) is 5.77. The number of halogens is 3. The van der Waals surface area contributed by atoms with E-state index >= 15 is 0 Å². The van der Waals surface area contributed by atoms with Gasteiger partial charge in [0.25, 0.3) is 0 Å². The highest BCUT2D eigenvalue weighted by Gasteiger charge is 2.35. The third-order valence-corrected chi connectivity index (χ3v) is 2.77. The van der Waals surface area contributed by atoms with E-state index in [2.05, 4.69) is 10.4 Å².